The van der Waals surface area contributed by atoms with Crippen LogP contribution in [0, 0.1) is 11.7 Å². The number of aromatic amines is 1. The molecule has 0 spiro atoms. The van der Waals surface area contributed by atoms with Crippen molar-refractivity contribution in [3.63, 3.8) is 0 Å². The van der Waals surface area contributed by atoms with Gasteiger partial charge < -0.3 is 5.11 Å². The Morgan fingerprint density at radius 3 is 2.95 bits per heavy atom. The van der Waals surface area contributed by atoms with Gasteiger partial charge in [-0.2, -0.15) is 0 Å². The Bertz CT molecular complexity index is 818. The first-order valence-electron chi connectivity index (χ1n) is 6.30. The highest BCUT2D eigenvalue weighted by atomic mass is 32.1. The zero-order chi connectivity index (χ0) is 15.4. The van der Waals surface area contributed by atoms with E-state index in [4.69, 9.17) is 12.2 Å². The molecule has 1 aromatic carbocycles. The first-order chi connectivity index (χ1) is 10.0. The number of nitrogens with zero attached hydrogens (tertiary/aromatic N) is 2. The van der Waals surface area contributed by atoms with E-state index < -0.39 is 5.56 Å². The SMILES string of the molecule is C=CCn1c(O)c(C=Nc2cccc(C)c2)c(=O)[nH]c1=S. The van der Waals surface area contributed by atoms with Crippen molar-refractivity contribution in [2.45, 2.75) is 13.5 Å². The molecule has 1 heterocycles. The molecule has 2 rings (SSSR count). The molecule has 108 valence electrons. The average molecular weight is 301 g/mol. The van der Waals surface area contributed by atoms with E-state index in [2.05, 4.69) is 16.6 Å². The van der Waals surface area contributed by atoms with Crippen molar-refractivity contribution in [1.82, 2.24) is 9.55 Å². The molecule has 0 amide bonds. The van der Waals surface area contributed by atoms with Gasteiger partial charge in [-0.05, 0) is 36.8 Å². The summed E-state index contributed by atoms with van der Waals surface area (Å²) in [5.74, 6) is -0.222. The van der Waals surface area contributed by atoms with Gasteiger partial charge >= 0.3 is 0 Å². The topological polar surface area (TPSA) is 70.4 Å². The standard InChI is InChI=1S/C15H15N3O2S/c1-3-7-18-14(20)12(13(19)17-15(18)21)9-16-11-6-4-5-10(2)8-11/h3-6,8-9,20H,1,7H2,2H3,(H,17,19,21). The predicted octanol–water partition coefficient (Wildman–Crippen LogP) is 2.86. The fourth-order valence-electron chi connectivity index (χ4n) is 1.84. The van der Waals surface area contributed by atoms with Crippen LogP contribution >= 0.6 is 12.2 Å². The highest BCUT2D eigenvalue weighted by Gasteiger charge is 2.09. The Morgan fingerprint density at radius 1 is 1.52 bits per heavy atom. The van der Waals surface area contributed by atoms with Gasteiger partial charge in [0, 0.05) is 12.8 Å². The summed E-state index contributed by atoms with van der Waals surface area (Å²) in [6.07, 6.45) is 2.91. The van der Waals surface area contributed by atoms with Gasteiger partial charge in [-0.1, -0.05) is 18.2 Å². The van der Waals surface area contributed by atoms with E-state index in [9.17, 15) is 9.90 Å². The quantitative estimate of drug-likeness (QED) is 0.518. The van der Waals surface area contributed by atoms with Crippen LogP contribution in [0.1, 0.15) is 11.1 Å². The number of rotatable bonds is 4. The summed E-state index contributed by atoms with van der Waals surface area (Å²) in [7, 11) is 0. The van der Waals surface area contributed by atoms with Crippen LogP contribution in [-0.2, 0) is 6.54 Å². The fourth-order valence-corrected chi connectivity index (χ4v) is 2.09. The number of benzene rings is 1. The van der Waals surface area contributed by atoms with Gasteiger partial charge in [-0.3, -0.25) is 19.3 Å². The molecule has 0 saturated carbocycles. The molecule has 0 fully saturated rings. The Labute approximate surface area is 126 Å². The number of H-pyrrole nitrogens is 1. The number of hydrogen-bond acceptors (Lipinski definition) is 4. The smallest absolute Gasteiger partial charge is 0.264 e. The minimum atomic E-state index is -0.478. The maximum absolute atomic E-state index is 11.9. The van der Waals surface area contributed by atoms with Gasteiger partial charge in [-0.25, -0.2) is 0 Å². The average Bonchev–Trinajstić information content (AvgIpc) is 2.43. The van der Waals surface area contributed by atoms with Crippen molar-refractivity contribution in [1.29, 1.82) is 0 Å². The summed E-state index contributed by atoms with van der Waals surface area (Å²) in [5.41, 5.74) is 1.35. The molecule has 2 N–H and O–H groups in total. The molecule has 0 radical (unpaired) electrons. The van der Waals surface area contributed by atoms with Crippen molar-refractivity contribution < 1.29 is 5.11 Å². The number of aromatic nitrogens is 2. The second kappa shape index (κ2) is 6.32. The van der Waals surface area contributed by atoms with E-state index in [0.717, 1.165) is 5.56 Å². The summed E-state index contributed by atoms with van der Waals surface area (Å²) in [5, 5.41) is 10.2. The Morgan fingerprint density at radius 2 is 2.29 bits per heavy atom. The van der Waals surface area contributed by atoms with Crippen molar-refractivity contribution in [2.24, 2.45) is 4.99 Å². The third kappa shape index (κ3) is 3.35. The minimum absolute atomic E-state index is 0.0620. The number of allylic oxidation sites excluding steroid dienone is 1. The van der Waals surface area contributed by atoms with Crippen LogP contribution < -0.4 is 5.56 Å². The molecular weight excluding hydrogens is 286 g/mol. The molecule has 1 aromatic heterocycles. The van der Waals surface area contributed by atoms with E-state index in [1.165, 1.54) is 10.8 Å². The largest absolute Gasteiger partial charge is 0.494 e. The molecular formula is C15H15N3O2S. The lowest BCUT2D eigenvalue weighted by Gasteiger charge is -2.08. The zero-order valence-corrected chi connectivity index (χ0v) is 12.4. The monoisotopic (exact) mass is 301 g/mol. The molecule has 2 aromatic rings. The van der Waals surface area contributed by atoms with Gasteiger partial charge in [-0.15, -0.1) is 6.58 Å². The first-order valence-corrected chi connectivity index (χ1v) is 6.71. The molecule has 5 nitrogen and oxygen atoms in total. The number of aromatic hydroxyl groups is 1. The van der Waals surface area contributed by atoms with E-state index >= 15 is 0 Å². The summed E-state index contributed by atoms with van der Waals surface area (Å²) in [6, 6.07) is 7.51. The van der Waals surface area contributed by atoms with Crippen LogP contribution in [0.5, 0.6) is 5.88 Å². The second-order valence-corrected chi connectivity index (χ2v) is 4.88. The summed E-state index contributed by atoms with van der Waals surface area (Å²) in [6.45, 7) is 5.84. The van der Waals surface area contributed by atoms with Gasteiger partial charge in [0.1, 0.15) is 5.56 Å². The van der Waals surface area contributed by atoms with Crippen LogP contribution in [0.3, 0.4) is 0 Å². The summed E-state index contributed by atoms with van der Waals surface area (Å²) >= 11 is 5.00. The van der Waals surface area contributed by atoms with E-state index in [-0.39, 0.29) is 16.2 Å². The Kier molecular flexibility index (Phi) is 4.49. The van der Waals surface area contributed by atoms with Crippen LogP contribution in [0.2, 0.25) is 0 Å². The molecule has 0 aliphatic rings. The Hall–Kier alpha value is -2.47. The lowest BCUT2D eigenvalue weighted by Crippen LogP contribution is -2.18. The third-order valence-corrected chi connectivity index (χ3v) is 3.19. The minimum Gasteiger partial charge on any atom is -0.494 e. The van der Waals surface area contributed by atoms with E-state index in [0.29, 0.717) is 12.2 Å². The van der Waals surface area contributed by atoms with Crippen LogP contribution in [0.25, 0.3) is 0 Å². The molecule has 0 saturated heterocycles. The van der Waals surface area contributed by atoms with Crippen LogP contribution in [-0.4, -0.2) is 20.9 Å². The molecule has 0 aliphatic carbocycles. The van der Waals surface area contributed by atoms with Crippen molar-refractivity contribution >= 4 is 24.1 Å². The molecule has 0 bridgehead atoms. The number of aliphatic imine (C=N–C) groups is 1. The van der Waals surface area contributed by atoms with Crippen molar-refractivity contribution in [3.05, 3.63) is 63.2 Å². The predicted molar refractivity (Wildman–Crippen MR) is 86.2 cm³/mol. The zero-order valence-electron chi connectivity index (χ0n) is 11.5. The maximum Gasteiger partial charge on any atom is 0.264 e. The highest BCUT2D eigenvalue weighted by molar-refractivity contribution is 7.71. The molecule has 6 heteroatoms. The van der Waals surface area contributed by atoms with Crippen LogP contribution in [0.15, 0.2) is 46.7 Å². The maximum atomic E-state index is 11.9. The fraction of sp³-hybridized carbons (Fsp3) is 0.133. The number of aryl methyl sites for hydroxylation is 1. The molecule has 0 unspecified atom stereocenters. The third-order valence-electron chi connectivity index (χ3n) is 2.86. The Balaban J connectivity index is 2.49. The summed E-state index contributed by atoms with van der Waals surface area (Å²) < 4.78 is 1.52. The van der Waals surface area contributed by atoms with E-state index in [1.807, 2.05) is 31.2 Å². The van der Waals surface area contributed by atoms with Gasteiger partial charge in [0.15, 0.2) is 4.77 Å². The first kappa shape index (κ1) is 14.9. The molecule has 0 atom stereocenters. The summed E-state index contributed by atoms with van der Waals surface area (Å²) in [4.78, 5) is 18.6. The molecule has 0 aliphatic heterocycles. The molecule has 21 heavy (non-hydrogen) atoms. The van der Waals surface area contributed by atoms with Gasteiger partial charge in [0.05, 0.1) is 5.69 Å². The second-order valence-electron chi connectivity index (χ2n) is 4.49. The van der Waals surface area contributed by atoms with Crippen molar-refractivity contribution in [2.75, 3.05) is 0 Å². The number of nitrogens with one attached hydrogen (secondary N) is 1. The normalized spacial score (nSPS) is 10.9. The lowest BCUT2D eigenvalue weighted by molar-refractivity contribution is 0.413. The highest BCUT2D eigenvalue weighted by Crippen LogP contribution is 2.15. The van der Waals surface area contributed by atoms with Gasteiger partial charge in [0.2, 0.25) is 5.88 Å². The lowest BCUT2D eigenvalue weighted by atomic mass is 10.2. The van der Waals surface area contributed by atoms with Crippen molar-refractivity contribution in [3.8, 4) is 5.88 Å². The van der Waals surface area contributed by atoms with E-state index in [1.54, 1.807) is 6.08 Å². The van der Waals surface area contributed by atoms with Crippen LogP contribution in [0.4, 0.5) is 5.69 Å². The number of hydrogen-bond donors (Lipinski definition) is 2. The van der Waals surface area contributed by atoms with Gasteiger partial charge in [0.25, 0.3) is 5.56 Å².